The number of amides is 1. The van der Waals surface area contributed by atoms with E-state index in [1.807, 2.05) is 0 Å². The summed E-state index contributed by atoms with van der Waals surface area (Å²) in [6, 6.07) is 5.14. The van der Waals surface area contributed by atoms with Crippen molar-refractivity contribution in [2.24, 2.45) is 5.92 Å². The van der Waals surface area contributed by atoms with Gasteiger partial charge in [0.25, 0.3) is 5.91 Å². The van der Waals surface area contributed by atoms with Crippen LogP contribution >= 0.6 is 15.9 Å². The van der Waals surface area contributed by atoms with E-state index in [4.69, 9.17) is 0 Å². The highest BCUT2D eigenvalue weighted by Crippen LogP contribution is 2.14. The van der Waals surface area contributed by atoms with Gasteiger partial charge in [-0.15, -0.1) is 0 Å². The van der Waals surface area contributed by atoms with Gasteiger partial charge in [-0.2, -0.15) is 0 Å². The molecular formula is C15H21BrN2O3. The van der Waals surface area contributed by atoms with E-state index in [2.05, 4.69) is 39.5 Å². The molecule has 116 valence electrons. The Kier molecular flexibility index (Phi) is 7.36. The minimum Gasteiger partial charge on any atom is -0.468 e. The third kappa shape index (κ3) is 5.46. The third-order valence-electron chi connectivity index (χ3n) is 3.40. The Bertz CT molecular complexity index is 490. The molecule has 5 nitrogen and oxygen atoms in total. The van der Waals surface area contributed by atoms with Crippen molar-refractivity contribution in [1.29, 1.82) is 0 Å². The quantitative estimate of drug-likeness (QED) is 0.556. The first-order valence-corrected chi connectivity index (χ1v) is 7.79. The Hall–Kier alpha value is -1.43. The summed E-state index contributed by atoms with van der Waals surface area (Å²) in [7, 11) is 1.32. The molecule has 0 aliphatic rings. The molecule has 21 heavy (non-hydrogen) atoms. The highest BCUT2D eigenvalue weighted by Gasteiger charge is 2.22. The number of carbonyl (C=O) groups excluding carboxylic acids is 2. The smallest absolute Gasteiger partial charge is 0.325 e. The maximum atomic E-state index is 12.6. The van der Waals surface area contributed by atoms with Crippen LogP contribution in [0.5, 0.6) is 0 Å². The first-order valence-electron chi connectivity index (χ1n) is 7.00. The van der Waals surface area contributed by atoms with Crippen LogP contribution in [0.25, 0.3) is 0 Å². The second kappa shape index (κ2) is 8.77. The normalized spacial score (nSPS) is 10.5. The molecule has 0 spiro atoms. The molecule has 0 aromatic carbocycles. The van der Waals surface area contributed by atoms with Crippen LogP contribution in [-0.2, 0) is 9.53 Å². The number of methoxy groups -OCH3 is 1. The lowest BCUT2D eigenvalue weighted by molar-refractivity contribution is -0.141. The third-order valence-corrected chi connectivity index (χ3v) is 3.84. The fourth-order valence-corrected chi connectivity index (χ4v) is 2.33. The summed E-state index contributed by atoms with van der Waals surface area (Å²) in [4.78, 5) is 29.8. The number of hydrogen-bond donors (Lipinski definition) is 0. The monoisotopic (exact) mass is 356 g/mol. The number of rotatable bonds is 7. The van der Waals surface area contributed by atoms with E-state index in [0.717, 1.165) is 12.8 Å². The molecule has 1 rings (SSSR count). The fraction of sp³-hybridized carbons (Fsp3) is 0.533. The molecule has 0 saturated carbocycles. The van der Waals surface area contributed by atoms with Gasteiger partial charge in [0.2, 0.25) is 0 Å². The molecule has 1 heterocycles. The summed E-state index contributed by atoms with van der Waals surface area (Å²) < 4.78 is 5.27. The van der Waals surface area contributed by atoms with Crippen LogP contribution in [0.15, 0.2) is 22.8 Å². The molecule has 1 amide bonds. The summed E-state index contributed by atoms with van der Waals surface area (Å²) in [6.07, 6.45) is 1.90. The van der Waals surface area contributed by atoms with E-state index < -0.39 is 5.97 Å². The minimum absolute atomic E-state index is 0.0555. The molecule has 0 atom stereocenters. The first-order chi connectivity index (χ1) is 10.0. The van der Waals surface area contributed by atoms with Crippen LogP contribution in [0.3, 0.4) is 0 Å². The van der Waals surface area contributed by atoms with Crippen LogP contribution in [0.2, 0.25) is 0 Å². The van der Waals surface area contributed by atoms with Crippen LogP contribution < -0.4 is 0 Å². The molecular weight excluding hydrogens is 336 g/mol. The Morgan fingerprint density at radius 3 is 2.52 bits per heavy atom. The van der Waals surface area contributed by atoms with Crippen LogP contribution in [0.1, 0.15) is 37.2 Å². The second-order valence-corrected chi connectivity index (χ2v) is 5.60. The molecule has 0 bridgehead atoms. The van der Waals surface area contributed by atoms with Crippen molar-refractivity contribution in [3.8, 4) is 0 Å². The molecule has 1 aromatic heterocycles. The summed E-state index contributed by atoms with van der Waals surface area (Å²) >= 11 is 3.25. The molecule has 0 N–H and O–H groups in total. The van der Waals surface area contributed by atoms with E-state index >= 15 is 0 Å². The van der Waals surface area contributed by atoms with E-state index in [9.17, 15) is 9.59 Å². The number of pyridine rings is 1. The lowest BCUT2D eigenvalue weighted by Gasteiger charge is -2.25. The van der Waals surface area contributed by atoms with Crippen molar-refractivity contribution < 1.29 is 14.3 Å². The van der Waals surface area contributed by atoms with Gasteiger partial charge in [0.15, 0.2) is 0 Å². The predicted molar refractivity (Wildman–Crippen MR) is 83.9 cm³/mol. The van der Waals surface area contributed by atoms with E-state index in [1.165, 1.54) is 12.0 Å². The summed E-state index contributed by atoms with van der Waals surface area (Å²) in [5.74, 6) is -0.330. The Morgan fingerprint density at radius 1 is 1.33 bits per heavy atom. The lowest BCUT2D eigenvalue weighted by atomic mass is 10.0. The van der Waals surface area contributed by atoms with Gasteiger partial charge in [-0.3, -0.25) is 9.59 Å². The maximum Gasteiger partial charge on any atom is 0.325 e. The minimum atomic E-state index is -0.427. The topological polar surface area (TPSA) is 59.5 Å². The highest BCUT2D eigenvalue weighted by atomic mass is 79.9. The number of esters is 1. The molecule has 0 radical (unpaired) electrons. The average molecular weight is 357 g/mol. The van der Waals surface area contributed by atoms with Gasteiger partial charge < -0.3 is 9.64 Å². The van der Waals surface area contributed by atoms with E-state index in [1.54, 1.807) is 18.2 Å². The van der Waals surface area contributed by atoms with Crippen molar-refractivity contribution >= 4 is 27.8 Å². The van der Waals surface area contributed by atoms with Gasteiger partial charge in [-0.05, 0) is 34.0 Å². The van der Waals surface area contributed by atoms with Crippen molar-refractivity contribution in [2.45, 2.75) is 26.7 Å². The van der Waals surface area contributed by atoms with Gasteiger partial charge in [-0.25, -0.2) is 4.98 Å². The van der Waals surface area contributed by atoms with Gasteiger partial charge in [0.05, 0.1) is 7.11 Å². The lowest BCUT2D eigenvalue weighted by Crippen LogP contribution is -2.39. The van der Waals surface area contributed by atoms with Crippen LogP contribution in [0, 0.1) is 5.92 Å². The number of nitrogens with zero attached hydrogens (tertiary/aromatic N) is 2. The fourth-order valence-electron chi connectivity index (χ4n) is 1.99. The first kappa shape index (κ1) is 17.6. The number of halogens is 1. The van der Waals surface area contributed by atoms with E-state index in [-0.39, 0.29) is 12.5 Å². The zero-order valence-corrected chi connectivity index (χ0v) is 14.2. The zero-order chi connectivity index (χ0) is 15.8. The maximum absolute atomic E-state index is 12.6. The number of ether oxygens (including phenoxy) is 1. The molecule has 6 heteroatoms. The number of aromatic nitrogens is 1. The second-order valence-electron chi connectivity index (χ2n) is 4.79. The number of carbonyl (C=O) groups is 2. The van der Waals surface area contributed by atoms with Crippen molar-refractivity contribution in [1.82, 2.24) is 9.88 Å². The highest BCUT2D eigenvalue weighted by molar-refractivity contribution is 9.10. The zero-order valence-electron chi connectivity index (χ0n) is 12.6. The van der Waals surface area contributed by atoms with Crippen LogP contribution in [0.4, 0.5) is 0 Å². The average Bonchev–Trinajstić information content (AvgIpc) is 2.50. The van der Waals surface area contributed by atoms with E-state index in [0.29, 0.717) is 22.8 Å². The summed E-state index contributed by atoms with van der Waals surface area (Å²) in [5.41, 5.74) is 0.319. The summed E-state index contributed by atoms with van der Waals surface area (Å²) in [6.45, 7) is 4.62. The van der Waals surface area contributed by atoms with Crippen LogP contribution in [-0.4, -0.2) is 42.0 Å². The molecule has 0 saturated heterocycles. The Balaban J connectivity index is 2.93. The Morgan fingerprint density at radius 2 is 2.00 bits per heavy atom. The van der Waals surface area contributed by atoms with Crippen molar-refractivity contribution in [2.75, 3.05) is 20.2 Å². The largest absolute Gasteiger partial charge is 0.468 e. The van der Waals surface area contributed by atoms with Crippen molar-refractivity contribution in [3.05, 3.63) is 28.5 Å². The molecule has 0 aliphatic carbocycles. The van der Waals surface area contributed by atoms with Crippen molar-refractivity contribution in [3.63, 3.8) is 0 Å². The number of hydrogen-bond acceptors (Lipinski definition) is 4. The molecule has 0 unspecified atom stereocenters. The van der Waals surface area contributed by atoms with Gasteiger partial charge >= 0.3 is 5.97 Å². The standard InChI is InChI=1S/C15H21BrN2O3/c1-4-11(5-2)9-18(10-14(19)21-3)15(20)12-7-6-8-13(16)17-12/h6-8,11H,4-5,9-10H2,1-3H3. The SMILES string of the molecule is CCC(CC)CN(CC(=O)OC)C(=O)c1cccc(Br)n1. The molecule has 0 aliphatic heterocycles. The van der Waals surface area contributed by atoms with Gasteiger partial charge in [0, 0.05) is 6.54 Å². The predicted octanol–water partition coefficient (Wildman–Crippen LogP) is 2.90. The molecule has 1 aromatic rings. The van der Waals surface area contributed by atoms with Gasteiger partial charge in [-0.1, -0.05) is 32.8 Å². The molecule has 0 fully saturated rings. The summed E-state index contributed by atoms with van der Waals surface area (Å²) in [5, 5.41) is 0. The Labute approximate surface area is 133 Å². The van der Waals surface area contributed by atoms with Gasteiger partial charge in [0.1, 0.15) is 16.8 Å².